The van der Waals surface area contributed by atoms with Crippen LogP contribution in [0.1, 0.15) is 141 Å². The van der Waals surface area contributed by atoms with Gasteiger partial charge in [-0.15, -0.1) is 0 Å². The fourth-order valence-corrected chi connectivity index (χ4v) is 8.20. The zero-order valence-corrected chi connectivity index (χ0v) is 35.6. The first-order valence-electron chi connectivity index (χ1n) is 21.4. The van der Waals surface area contributed by atoms with Crippen LogP contribution in [0.15, 0.2) is 91.0 Å². The highest BCUT2D eigenvalue weighted by Crippen LogP contribution is 2.47. The third kappa shape index (κ3) is 6.60. The van der Waals surface area contributed by atoms with Crippen LogP contribution in [0.2, 0.25) is 0 Å². The largest absolute Gasteiger partial charge is 0.311 e. The maximum Gasteiger partial charge on any atom is 0.252 e. The Morgan fingerprint density at radius 1 is 0.389 bits per heavy atom. The highest BCUT2D eigenvalue weighted by atomic mass is 15.2. The fraction of sp³-hybridized carbons (Fsp3) is 0.412. The van der Waals surface area contributed by atoms with Crippen LogP contribution in [0, 0.1) is 6.85 Å². The summed E-state index contributed by atoms with van der Waals surface area (Å²) in [5, 5.41) is 0. The number of hydrogen-bond donors (Lipinski definition) is 0. The molecular formula is C51H63BN2. The van der Waals surface area contributed by atoms with Crippen LogP contribution < -0.4 is 26.2 Å². The standard InChI is InChI=1S/C51H63BN2/c1-32-25-44-46-45(26-32)54(39-28-36(50(11,12)13)27-37(29-39)51(14,15)16)43-31-35(49(8,9)10)19-23-40(43)52(46)41-30-34(48(5,6)7)20-24-42(41)53(44)38-21-17-33(18-22-38)47(2,3)4/h17-31H,1-16H3/i1D3. The highest BCUT2D eigenvalue weighted by molar-refractivity contribution is 7.00. The summed E-state index contributed by atoms with van der Waals surface area (Å²) in [6, 6.07) is 33.9. The molecule has 0 amide bonds. The molecule has 0 spiro atoms. The first-order valence-corrected chi connectivity index (χ1v) is 19.9. The van der Waals surface area contributed by atoms with Crippen LogP contribution in [-0.2, 0) is 27.1 Å². The summed E-state index contributed by atoms with van der Waals surface area (Å²) in [4.78, 5) is 4.73. The normalized spacial score (nSPS) is 15.6. The van der Waals surface area contributed by atoms with E-state index < -0.39 is 6.85 Å². The molecule has 2 nitrogen and oxygen atoms in total. The van der Waals surface area contributed by atoms with Gasteiger partial charge in [-0.05, 0) is 132 Å². The van der Waals surface area contributed by atoms with E-state index in [4.69, 9.17) is 4.11 Å². The zero-order valence-electron chi connectivity index (χ0n) is 38.6. The van der Waals surface area contributed by atoms with Crippen molar-refractivity contribution in [3.8, 4) is 0 Å². The Morgan fingerprint density at radius 2 is 0.852 bits per heavy atom. The number of fused-ring (bicyclic) bond motifs is 4. The molecule has 0 saturated carbocycles. The van der Waals surface area contributed by atoms with Crippen molar-refractivity contribution >= 4 is 57.2 Å². The molecule has 0 unspecified atom stereocenters. The monoisotopic (exact) mass is 718 g/mol. The van der Waals surface area contributed by atoms with E-state index in [2.05, 4.69) is 193 Å². The van der Waals surface area contributed by atoms with Crippen molar-refractivity contribution in [3.05, 3.63) is 124 Å². The van der Waals surface area contributed by atoms with Crippen LogP contribution in [0.25, 0.3) is 0 Å². The number of benzene rings is 5. The van der Waals surface area contributed by atoms with Crippen molar-refractivity contribution in [2.24, 2.45) is 0 Å². The predicted octanol–water partition coefficient (Wildman–Crippen LogP) is 12.6. The SMILES string of the molecule is [2H]C([2H])([2H])c1cc2c3c(c1)N(c1cc(C(C)(C)C)cc(C(C)(C)C)c1)c1cc(C(C)(C)C)ccc1B3c1cc(C(C)(C)C)ccc1N2c1ccc(C(C)(C)C)cc1. The lowest BCUT2D eigenvalue weighted by atomic mass is 9.33. The lowest BCUT2D eigenvalue weighted by Crippen LogP contribution is -2.61. The summed E-state index contributed by atoms with van der Waals surface area (Å²) in [5.74, 6) is 0. The minimum atomic E-state index is -2.33. The molecule has 280 valence electrons. The Balaban J connectivity index is 1.66. The molecule has 3 heteroatoms. The van der Waals surface area contributed by atoms with Crippen molar-refractivity contribution in [2.75, 3.05) is 9.80 Å². The van der Waals surface area contributed by atoms with Gasteiger partial charge in [0.2, 0.25) is 0 Å². The van der Waals surface area contributed by atoms with Crippen molar-refractivity contribution in [2.45, 2.75) is 138 Å². The van der Waals surface area contributed by atoms with Crippen LogP contribution >= 0.6 is 0 Å². The van der Waals surface area contributed by atoms with Gasteiger partial charge in [0.1, 0.15) is 0 Å². The van der Waals surface area contributed by atoms with E-state index in [-0.39, 0.29) is 33.8 Å². The average molecular weight is 718 g/mol. The Kier molecular flexibility index (Phi) is 7.86. The average Bonchev–Trinajstić information content (AvgIpc) is 3.08. The molecular weight excluding hydrogens is 651 g/mol. The molecule has 0 fully saturated rings. The topological polar surface area (TPSA) is 6.48 Å². The molecule has 0 aromatic heterocycles. The lowest BCUT2D eigenvalue weighted by Gasteiger charge is -2.45. The highest BCUT2D eigenvalue weighted by Gasteiger charge is 2.44. The first-order chi connectivity index (χ1) is 26.0. The summed E-state index contributed by atoms with van der Waals surface area (Å²) >= 11 is 0. The summed E-state index contributed by atoms with van der Waals surface area (Å²) < 4.78 is 26.7. The molecule has 2 aliphatic heterocycles. The number of nitrogens with zero attached hydrogens (tertiary/aromatic N) is 2. The Hall–Kier alpha value is -4.24. The number of anilines is 6. The van der Waals surface area contributed by atoms with Gasteiger partial charge in [-0.1, -0.05) is 146 Å². The number of aryl methyl sites for hydroxylation is 1. The van der Waals surface area contributed by atoms with Gasteiger partial charge in [-0.3, -0.25) is 0 Å². The van der Waals surface area contributed by atoms with E-state index in [1.165, 1.54) is 38.7 Å². The van der Waals surface area contributed by atoms with Crippen molar-refractivity contribution in [1.29, 1.82) is 0 Å². The van der Waals surface area contributed by atoms with Crippen LogP contribution in [0.3, 0.4) is 0 Å². The summed E-state index contributed by atoms with van der Waals surface area (Å²) in [6.45, 7) is 31.6. The van der Waals surface area contributed by atoms with Gasteiger partial charge in [0.05, 0.1) is 0 Å². The van der Waals surface area contributed by atoms with E-state index in [0.717, 1.165) is 39.6 Å². The van der Waals surface area contributed by atoms with E-state index in [1.54, 1.807) is 0 Å². The van der Waals surface area contributed by atoms with Gasteiger partial charge in [0, 0.05) is 38.2 Å². The number of hydrogen-bond acceptors (Lipinski definition) is 2. The van der Waals surface area contributed by atoms with Gasteiger partial charge < -0.3 is 9.80 Å². The molecule has 0 bridgehead atoms. The van der Waals surface area contributed by atoms with E-state index in [1.807, 2.05) is 12.1 Å². The molecule has 5 aromatic rings. The summed E-state index contributed by atoms with van der Waals surface area (Å²) in [7, 11) is 0. The van der Waals surface area contributed by atoms with E-state index in [0.29, 0.717) is 5.56 Å². The second-order valence-electron chi connectivity index (χ2n) is 21.1. The fourth-order valence-electron chi connectivity index (χ4n) is 8.20. The number of rotatable bonds is 2. The van der Waals surface area contributed by atoms with Gasteiger partial charge in [0.15, 0.2) is 0 Å². The minimum absolute atomic E-state index is 0.00496. The smallest absolute Gasteiger partial charge is 0.252 e. The van der Waals surface area contributed by atoms with E-state index in [9.17, 15) is 0 Å². The van der Waals surface area contributed by atoms with Crippen molar-refractivity contribution in [1.82, 2.24) is 0 Å². The van der Waals surface area contributed by atoms with Crippen molar-refractivity contribution < 1.29 is 4.11 Å². The zero-order chi connectivity index (χ0) is 42.0. The van der Waals surface area contributed by atoms with Crippen LogP contribution in [0.4, 0.5) is 34.1 Å². The summed E-state index contributed by atoms with van der Waals surface area (Å²) in [6.07, 6.45) is 0. The molecule has 0 N–H and O–H groups in total. The van der Waals surface area contributed by atoms with Gasteiger partial charge in [-0.2, -0.15) is 0 Å². The second-order valence-corrected chi connectivity index (χ2v) is 21.1. The molecule has 2 aliphatic rings. The Labute approximate surface area is 332 Å². The van der Waals surface area contributed by atoms with E-state index >= 15 is 0 Å². The van der Waals surface area contributed by atoms with Crippen LogP contribution in [-0.4, -0.2) is 6.71 Å². The Morgan fingerprint density at radius 3 is 1.35 bits per heavy atom. The third-order valence-corrected chi connectivity index (χ3v) is 11.7. The molecule has 0 aliphatic carbocycles. The molecule has 0 atom stereocenters. The lowest BCUT2D eigenvalue weighted by molar-refractivity contribution is 0.568. The maximum atomic E-state index is 8.90. The molecule has 2 heterocycles. The summed E-state index contributed by atoms with van der Waals surface area (Å²) in [5.41, 5.74) is 15.9. The second kappa shape index (κ2) is 12.4. The van der Waals surface area contributed by atoms with Gasteiger partial charge >= 0.3 is 0 Å². The molecule has 54 heavy (non-hydrogen) atoms. The third-order valence-electron chi connectivity index (χ3n) is 11.7. The Bertz CT molecular complexity index is 2340. The van der Waals surface area contributed by atoms with Gasteiger partial charge in [0.25, 0.3) is 6.71 Å². The molecule has 0 saturated heterocycles. The molecule has 5 aromatic carbocycles. The predicted molar refractivity (Wildman–Crippen MR) is 239 cm³/mol. The van der Waals surface area contributed by atoms with Crippen LogP contribution in [0.5, 0.6) is 0 Å². The van der Waals surface area contributed by atoms with Gasteiger partial charge in [-0.25, -0.2) is 0 Å². The maximum absolute atomic E-state index is 8.90. The minimum Gasteiger partial charge on any atom is -0.311 e. The quantitative estimate of drug-likeness (QED) is 0.164. The molecule has 7 rings (SSSR count). The molecule has 0 radical (unpaired) electrons. The van der Waals surface area contributed by atoms with Crippen molar-refractivity contribution in [3.63, 3.8) is 0 Å². The first kappa shape index (κ1) is 34.3.